The summed E-state index contributed by atoms with van der Waals surface area (Å²) in [4.78, 5) is 18.0. The Morgan fingerprint density at radius 3 is 2.21 bits per heavy atom. The van der Waals surface area contributed by atoms with E-state index in [4.69, 9.17) is 23.2 Å². The van der Waals surface area contributed by atoms with Crippen molar-refractivity contribution in [1.29, 1.82) is 0 Å². The van der Waals surface area contributed by atoms with Crippen molar-refractivity contribution in [3.63, 3.8) is 0 Å². The van der Waals surface area contributed by atoms with E-state index in [2.05, 4.69) is 36.1 Å². The first kappa shape index (κ1) is 29.3. The lowest BCUT2D eigenvalue weighted by atomic mass is 9.90. The van der Waals surface area contributed by atoms with E-state index in [0.717, 1.165) is 44.1 Å². The number of piperidine rings is 2. The fraction of sp³-hybridized carbons (Fsp3) is 0.552. The summed E-state index contributed by atoms with van der Waals surface area (Å²) in [6, 6.07) is 14.2. The lowest BCUT2D eigenvalue weighted by Crippen LogP contribution is -2.45. The van der Waals surface area contributed by atoms with Crippen molar-refractivity contribution in [2.45, 2.75) is 45.4 Å². The van der Waals surface area contributed by atoms with Crippen molar-refractivity contribution in [3.05, 3.63) is 63.6 Å². The van der Waals surface area contributed by atoms with Crippen molar-refractivity contribution in [2.24, 2.45) is 11.8 Å². The Bertz CT molecular complexity index is 1190. The summed E-state index contributed by atoms with van der Waals surface area (Å²) in [6.07, 6.45) is 6.67. The molecule has 0 spiro atoms. The predicted octanol–water partition coefficient (Wildman–Crippen LogP) is 5.65. The summed E-state index contributed by atoms with van der Waals surface area (Å²) in [7, 11) is -3.24. The number of carbonyl (C=O) groups excluding carboxylic acids is 1. The van der Waals surface area contributed by atoms with E-state index in [-0.39, 0.29) is 11.8 Å². The maximum absolute atomic E-state index is 13.6. The average Bonchev–Trinajstić information content (AvgIpc) is 2.90. The number of aryl methyl sites for hydroxylation is 1. The third-order valence-electron chi connectivity index (χ3n) is 7.96. The number of likely N-dealkylation sites (tertiary alicyclic amines) is 1. The normalized spacial score (nSPS) is 18.5. The van der Waals surface area contributed by atoms with Crippen LogP contribution in [0.15, 0.2) is 42.5 Å². The summed E-state index contributed by atoms with van der Waals surface area (Å²) in [5.74, 6) is 0.550. The maximum Gasteiger partial charge on any atom is 0.230 e. The van der Waals surface area contributed by atoms with Crippen LogP contribution in [0.4, 0.5) is 5.69 Å². The topological polar surface area (TPSA) is 60.9 Å². The molecule has 1 amide bonds. The molecule has 208 valence electrons. The summed E-state index contributed by atoms with van der Waals surface area (Å²) in [5.41, 5.74) is 3.47. The number of hydrogen-bond donors (Lipinski definition) is 0. The van der Waals surface area contributed by atoms with E-state index < -0.39 is 10.0 Å². The Morgan fingerprint density at radius 1 is 0.947 bits per heavy atom. The first-order valence-corrected chi connectivity index (χ1v) is 16.2. The highest BCUT2D eigenvalue weighted by molar-refractivity contribution is 7.88. The molecule has 0 bridgehead atoms. The van der Waals surface area contributed by atoms with Gasteiger partial charge in [-0.25, -0.2) is 12.7 Å². The van der Waals surface area contributed by atoms with Crippen molar-refractivity contribution >= 4 is 44.8 Å². The summed E-state index contributed by atoms with van der Waals surface area (Å²) >= 11 is 12.4. The molecule has 4 rings (SSSR count). The quantitative estimate of drug-likeness (QED) is 0.385. The highest BCUT2D eigenvalue weighted by atomic mass is 35.5. The molecule has 0 unspecified atom stereocenters. The first-order chi connectivity index (χ1) is 18.1. The lowest BCUT2D eigenvalue weighted by Gasteiger charge is -2.35. The Morgan fingerprint density at radius 2 is 1.61 bits per heavy atom. The van der Waals surface area contributed by atoms with Crippen molar-refractivity contribution in [3.8, 4) is 0 Å². The molecule has 2 aliphatic heterocycles. The second kappa shape index (κ2) is 13.1. The molecular weight excluding hydrogens is 541 g/mol. The second-order valence-corrected chi connectivity index (χ2v) is 13.6. The zero-order chi connectivity index (χ0) is 27.3. The third kappa shape index (κ3) is 7.95. The molecule has 0 atom stereocenters. The Hall–Kier alpha value is -1.64. The molecule has 6 nitrogen and oxygen atoms in total. The molecule has 2 aromatic rings. The molecule has 2 aromatic carbocycles. The predicted molar refractivity (Wildman–Crippen MR) is 157 cm³/mol. The SMILES string of the molecule is Cc1ccc(CC2CCN(CCCN(C(=O)C3CCN(S(C)(=O)=O)CC3)c3ccc(Cl)c(Cl)c3)CC2)cc1. The van der Waals surface area contributed by atoms with Crippen molar-refractivity contribution < 1.29 is 13.2 Å². The molecule has 2 aliphatic rings. The van der Waals surface area contributed by atoms with Gasteiger partial charge in [0, 0.05) is 31.2 Å². The number of nitrogens with zero attached hydrogens (tertiary/aromatic N) is 3. The molecule has 0 radical (unpaired) electrons. The van der Waals surface area contributed by atoms with E-state index in [1.165, 1.54) is 34.5 Å². The average molecular weight is 581 g/mol. The van der Waals surface area contributed by atoms with Crippen LogP contribution in [0.3, 0.4) is 0 Å². The molecule has 9 heteroatoms. The zero-order valence-electron chi connectivity index (χ0n) is 22.4. The first-order valence-electron chi connectivity index (χ1n) is 13.6. The highest BCUT2D eigenvalue weighted by Gasteiger charge is 2.32. The number of amides is 1. The van der Waals surface area contributed by atoms with Gasteiger partial charge in [-0.2, -0.15) is 0 Å². The third-order valence-corrected chi connectivity index (χ3v) is 10.0. The molecule has 0 saturated carbocycles. The van der Waals surface area contributed by atoms with Gasteiger partial charge in [0.05, 0.1) is 16.3 Å². The largest absolute Gasteiger partial charge is 0.312 e. The molecular formula is C29H39Cl2N3O3S. The van der Waals surface area contributed by atoms with Crippen LogP contribution in [0.2, 0.25) is 10.0 Å². The van der Waals surface area contributed by atoms with Crippen LogP contribution in [-0.2, 0) is 21.2 Å². The number of sulfonamides is 1. The van der Waals surface area contributed by atoms with E-state index in [1.807, 2.05) is 11.0 Å². The van der Waals surface area contributed by atoms with Gasteiger partial charge in [-0.15, -0.1) is 0 Å². The maximum atomic E-state index is 13.6. The van der Waals surface area contributed by atoms with Crippen molar-refractivity contribution in [2.75, 3.05) is 50.4 Å². The minimum Gasteiger partial charge on any atom is -0.312 e. The van der Waals surface area contributed by atoms with E-state index >= 15 is 0 Å². The van der Waals surface area contributed by atoms with Gasteiger partial charge in [0.2, 0.25) is 15.9 Å². The molecule has 2 saturated heterocycles. The second-order valence-electron chi connectivity index (χ2n) is 10.9. The van der Waals surface area contributed by atoms with Gasteiger partial charge < -0.3 is 9.80 Å². The number of halogens is 2. The Balaban J connectivity index is 1.32. The number of benzene rings is 2. The summed E-state index contributed by atoms with van der Waals surface area (Å²) in [6.45, 7) is 6.58. The van der Waals surface area contributed by atoms with Gasteiger partial charge in [0.15, 0.2) is 0 Å². The Kier molecular flexibility index (Phi) is 10.1. The summed E-state index contributed by atoms with van der Waals surface area (Å²) in [5, 5.41) is 0.877. The molecule has 2 heterocycles. The highest BCUT2D eigenvalue weighted by Crippen LogP contribution is 2.30. The van der Waals surface area contributed by atoms with Crippen LogP contribution in [0.5, 0.6) is 0 Å². The van der Waals surface area contributed by atoms with E-state index in [0.29, 0.717) is 42.5 Å². The molecule has 2 fully saturated rings. The van der Waals surface area contributed by atoms with Gasteiger partial charge in [-0.05, 0) is 94.8 Å². The van der Waals surface area contributed by atoms with Crippen LogP contribution >= 0.6 is 23.2 Å². The van der Waals surface area contributed by atoms with Gasteiger partial charge >= 0.3 is 0 Å². The van der Waals surface area contributed by atoms with Crippen molar-refractivity contribution in [1.82, 2.24) is 9.21 Å². The number of rotatable bonds is 9. The molecule has 38 heavy (non-hydrogen) atoms. The smallest absolute Gasteiger partial charge is 0.230 e. The number of carbonyl (C=O) groups is 1. The van der Waals surface area contributed by atoms with Gasteiger partial charge in [0.25, 0.3) is 0 Å². The minimum absolute atomic E-state index is 0.0355. The van der Waals surface area contributed by atoms with Crippen LogP contribution in [0.25, 0.3) is 0 Å². The molecule has 0 N–H and O–H groups in total. The zero-order valence-corrected chi connectivity index (χ0v) is 24.7. The van der Waals surface area contributed by atoms with E-state index in [1.54, 1.807) is 12.1 Å². The molecule has 0 aromatic heterocycles. The fourth-order valence-corrected chi connectivity index (χ4v) is 6.76. The van der Waals surface area contributed by atoms with Crippen LogP contribution in [0.1, 0.15) is 43.2 Å². The van der Waals surface area contributed by atoms with Crippen LogP contribution in [0, 0.1) is 18.8 Å². The fourth-order valence-electron chi connectivity index (χ4n) is 5.60. The summed E-state index contributed by atoms with van der Waals surface area (Å²) < 4.78 is 25.3. The van der Waals surface area contributed by atoms with E-state index in [9.17, 15) is 13.2 Å². The monoisotopic (exact) mass is 579 g/mol. The standard InChI is InChI=1S/C29H39Cl2N3O3S/c1-22-4-6-23(7-5-22)20-24-10-16-32(17-11-24)14-3-15-34(26-8-9-27(30)28(31)21-26)29(35)25-12-18-33(19-13-25)38(2,36)37/h4-9,21,24-25H,3,10-20H2,1-2H3. The molecule has 0 aliphatic carbocycles. The van der Waals surface area contributed by atoms with Gasteiger partial charge in [0.1, 0.15) is 0 Å². The van der Waals surface area contributed by atoms with Gasteiger partial charge in [-0.1, -0.05) is 53.0 Å². The number of hydrogen-bond acceptors (Lipinski definition) is 4. The minimum atomic E-state index is -3.24. The lowest BCUT2D eigenvalue weighted by molar-refractivity contribution is -0.123. The van der Waals surface area contributed by atoms with Gasteiger partial charge in [-0.3, -0.25) is 4.79 Å². The Labute approximate surface area is 237 Å². The number of anilines is 1. The van der Waals surface area contributed by atoms with Crippen LogP contribution in [-0.4, -0.2) is 69.1 Å². The van der Waals surface area contributed by atoms with Crippen LogP contribution < -0.4 is 4.90 Å².